The van der Waals surface area contributed by atoms with E-state index < -0.39 is 0 Å². The maximum atomic E-state index is 5.98. The maximum Gasteiger partial charge on any atom is 0.0809 e. The largest absolute Gasteiger partial charge is 0.376 e. The Bertz CT molecular complexity index is 180. The van der Waals surface area contributed by atoms with Crippen molar-refractivity contribution >= 4 is 0 Å². The first-order chi connectivity index (χ1) is 7.40. The second-order valence-electron chi connectivity index (χ2n) is 4.69. The zero-order valence-corrected chi connectivity index (χ0v) is 9.71. The van der Waals surface area contributed by atoms with Gasteiger partial charge in [0.05, 0.1) is 18.8 Å². The summed E-state index contributed by atoms with van der Waals surface area (Å²) in [6, 6.07) is 0.556. The van der Waals surface area contributed by atoms with Gasteiger partial charge in [-0.05, 0) is 32.7 Å². The van der Waals surface area contributed by atoms with Gasteiger partial charge in [-0.2, -0.15) is 0 Å². The van der Waals surface area contributed by atoms with Gasteiger partial charge in [0.25, 0.3) is 0 Å². The molecule has 3 nitrogen and oxygen atoms in total. The fourth-order valence-corrected chi connectivity index (χ4v) is 2.63. The summed E-state index contributed by atoms with van der Waals surface area (Å²) in [4.78, 5) is 0. The standard InChI is InChI=1S/C12H23NO2/c1-13-11-6-2-3-7-12(11)15-9-10-5-4-8-14-10/h10-13H,2-9H2,1H3. The highest BCUT2D eigenvalue weighted by Crippen LogP contribution is 2.22. The second kappa shape index (κ2) is 5.83. The number of hydrogen-bond acceptors (Lipinski definition) is 3. The molecule has 3 heteroatoms. The van der Waals surface area contributed by atoms with Crippen molar-refractivity contribution in [1.29, 1.82) is 0 Å². The molecule has 15 heavy (non-hydrogen) atoms. The van der Waals surface area contributed by atoms with Gasteiger partial charge < -0.3 is 14.8 Å². The molecule has 0 aromatic rings. The molecule has 1 aliphatic heterocycles. The molecule has 88 valence electrons. The van der Waals surface area contributed by atoms with Crippen LogP contribution in [0.1, 0.15) is 38.5 Å². The van der Waals surface area contributed by atoms with Crippen LogP contribution in [0.3, 0.4) is 0 Å². The third-order valence-corrected chi connectivity index (χ3v) is 3.59. The van der Waals surface area contributed by atoms with Gasteiger partial charge in [-0.15, -0.1) is 0 Å². The lowest BCUT2D eigenvalue weighted by Crippen LogP contribution is -2.42. The summed E-state index contributed by atoms with van der Waals surface area (Å²) in [5.74, 6) is 0. The van der Waals surface area contributed by atoms with Crippen molar-refractivity contribution in [3.8, 4) is 0 Å². The third-order valence-electron chi connectivity index (χ3n) is 3.59. The van der Waals surface area contributed by atoms with Gasteiger partial charge in [-0.1, -0.05) is 12.8 Å². The Balaban J connectivity index is 1.71. The summed E-state index contributed by atoms with van der Waals surface area (Å²) < 4.78 is 11.6. The molecule has 1 aliphatic carbocycles. The Labute approximate surface area is 92.5 Å². The molecule has 0 amide bonds. The van der Waals surface area contributed by atoms with Gasteiger partial charge in [0.1, 0.15) is 0 Å². The number of hydrogen-bond donors (Lipinski definition) is 1. The van der Waals surface area contributed by atoms with Crippen molar-refractivity contribution in [3.05, 3.63) is 0 Å². The summed E-state index contributed by atoms with van der Waals surface area (Å²) in [7, 11) is 2.04. The van der Waals surface area contributed by atoms with E-state index in [2.05, 4.69) is 5.32 Å². The second-order valence-corrected chi connectivity index (χ2v) is 4.69. The lowest BCUT2D eigenvalue weighted by atomic mass is 9.92. The third kappa shape index (κ3) is 3.16. The summed E-state index contributed by atoms with van der Waals surface area (Å²) in [5, 5.41) is 3.36. The van der Waals surface area contributed by atoms with E-state index in [-0.39, 0.29) is 0 Å². The smallest absolute Gasteiger partial charge is 0.0809 e. The van der Waals surface area contributed by atoms with Gasteiger partial charge >= 0.3 is 0 Å². The minimum atomic E-state index is 0.365. The van der Waals surface area contributed by atoms with E-state index in [4.69, 9.17) is 9.47 Å². The van der Waals surface area contributed by atoms with E-state index in [1.165, 1.54) is 38.5 Å². The molecular formula is C12H23NO2. The van der Waals surface area contributed by atoms with Crippen LogP contribution in [0.4, 0.5) is 0 Å². The van der Waals surface area contributed by atoms with Crippen LogP contribution in [0, 0.1) is 0 Å². The molecule has 0 bridgehead atoms. The Morgan fingerprint density at radius 2 is 2.07 bits per heavy atom. The molecule has 2 rings (SSSR count). The van der Waals surface area contributed by atoms with Crippen LogP contribution in [0.25, 0.3) is 0 Å². The van der Waals surface area contributed by atoms with Gasteiger partial charge in [-0.3, -0.25) is 0 Å². The predicted octanol–water partition coefficient (Wildman–Crippen LogP) is 1.71. The van der Waals surface area contributed by atoms with Crippen molar-refractivity contribution in [3.63, 3.8) is 0 Å². The molecule has 0 aromatic carbocycles. The van der Waals surface area contributed by atoms with Gasteiger partial charge in [0.2, 0.25) is 0 Å². The quantitative estimate of drug-likeness (QED) is 0.771. The molecule has 1 saturated carbocycles. The normalized spacial score (nSPS) is 37.0. The van der Waals surface area contributed by atoms with Crippen molar-refractivity contribution in [1.82, 2.24) is 5.32 Å². The summed E-state index contributed by atoms with van der Waals surface area (Å²) in [5.41, 5.74) is 0. The Morgan fingerprint density at radius 3 is 2.80 bits per heavy atom. The lowest BCUT2D eigenvalue weighted by molar-refractivity contribution is -0.0442. The average molecular weight is 213 g/mol. The molecule has 1 heterocycles. The van der Waals surface area contributed by atoms with Crippen LogP contribution in [0.5, 0.6) is 0 Å². The van der Waals surface area contributed by atoms with Crippen molar-refractivity contribution in [2.45, 2.75) is 56.8 Å². The minimum absolute atomic E-state index is 0.365. The van der Waals surface area contributed by atoms with Crippen LogP contribution in [0.15, 0.2) is 0 Å². The van der Waals surface area contributed by atoms with Crippen LogP contribution < -0.4 is 5.32 Å². The zero-order valence-electron chi connectivity index (χ0n) is 9.71. The highest BCUT2D eigenvalue weighted by Gasteiger charge is 2.26. The highest BCUT2D eigenvalue weighted by atomic mass is 16.5. The lowest BCUT2D eigenvalue weighted by Gasteiger charge is -2.31. The molecule has 0 aromatic heterocycles. The van der Waals surface area contributed by atoms with Crippen molar-refractivity contribution < 1.29 is 9.47 Å². The van der Waals surface area contributed by atoms with E-state index in [9.17, 15) is 0 Å². The summed E-state index contributed by atoms with van der Waals surface area (Å²) in [6.07, 6.45) is 8.27. The maximum absolute atomic E-state index is 5.98. The fourth-order valence-electron chi connectivity index (χ4n) is 2.63. The SMILES string of the molecule is CNC1CCCCC1OCC1CCCO1. The molecule has 3 unspecified atom stereocenters. The van der Waals surface area contributed by atoms with Crippen LogP contribution >= 0.6 is 0 Å². The van der Waals surface area contributed by atoms with Crippen molar-refractivity contribution in [2.24, 2.45) is 0 Å². The predicted molar refractivity (Wildman–Crippen MR) is 60.0 cm³/mol. The van der Waals surface area contributed by atoms with E-state index in [0.29, 0.717) is 18.2 Å². The average Bonchev–Trinajstić information content (AvgIpc) is 2.79. The number of nitrogens with one attached hydrogen (secondary N) is 1. The highest BCUT2D eigenvalue weighted by molar-refractivity contribution is 4.81. The van der Waals surface area contributed by atoms with Crippen molar-refractivity contribution in [2.75, 3.05) is 20.3 Å². The van der Waals surface area contributed by atoms with E-state index in [1.807, 2.05) is 7.05 Å². The number of rotatable bonds is 4. The zero-order chi connectivity index (χ0) is 10.5. The molecular weight excluding hydrogens is 190 g/mol. The summed E-state index contributed by atoms with van der Waals surface area (Å²) in [6.45, 7) is 1.72. The summed E-state index contributed by atoms with van der Waals surface area (Å²) >= 11 is 0. The van der Waals surface area contributed by atoms with Crippen LogP contribution in [0.2, 0.25) is 0 Å². The Hall–Kier alpha value is -0.120. The first-order valence-corrected chi connectivity index (χ1v) is 6.30. The first-order valence-electron chi connectivity index (χ1n) is 6.30. The first kappa shape index (κ1) is 11.4. The monoisotopic (exact) mass is 213 g/mol. The molecule has 0 radical (unpaired) electrons. The van der Waals surface area contributed by atoms with Gasteiger partial charge in [-0.25, -0.2) is 0 Å². The molecule has 2 fully saturated rings. The number of ether oxygens (including phenoxy) is 2. The van der Waals surface area contributed by atoms with E-state index >= 15 is 0 Å². The molecule has 3 atom stereocenters. The Morgan fingerprint density at radius 1 is 1.20 bits per heavy atom. The van der Waals surface area contributed by atoms with E-state index in [0.717, 1.165) is 13.2 Å². The molecule has 1 saturated heterocycles. The topological polar surface area (TPSA) is 30.5 Å². The fraction of sp³-hybridized carbons (Fsp3) is 1.00. The molecule has 0 spiro atoms. The Kier molecular flexibility index (Phi) is 4.42. The van der Waals surface area contributed by atoms with Crippen LogP contribution in [-0.2, 0) is 9.47 Å². The molecule has 2 aliphatic rings. The number of likely N-dealkylation sites (N-methyl/N-ethyl adjacent to an activating group) is 1. The molecule has 1 N–H and O–H groups in total. The van der Waals surface area contributed by atoms with Gasteiger partial charge in [0.15, 0.2) is 0 Å². The van der Waals surface area contributed by atoms with Gasteiger partial charge in [0, 0.05) is 12.6 Å². The van der Waals surface area contributed by atoms with E-state index in [1.54, 1.807) is 0 Å². The minimum Gasteiger partial charge on any atom is -0.376 e. The van der Waals surface area contributed by atoms with Crippen LogP contribution in [-0.4, -0.2) is 38.5 Å².